The number of allylic oxidation sites excluding steroid dienone is 3. The Balaban J connectivity index is 1.83. The van der Waals surface area contributed by atoms with Crippen molar-refractivity contribution in [3.63, 3.8) is 0 Å². The maximum absolute atomic E-state index is 10.7. The number of rotatable bonds is 5. The van der Waals surface area contributed by atoms with Gasteiger partial charge in [0.1, 0.15) is 0 Å². The van der Waals surface area contributed by atoms with Crippen LogP contribution in [-0.2, 0) is 0 Å². The summed E-state index contributed by atoms with van der Waals surface area (Å²) in [5.74, 6) is 3.17. The van der Waals surface area contributed by atoms with Crippen LogP contribution in [0, 0.1) is 35.0 Å². The lowest BCUT2D eigenvalue weighted by atomic mass is 9.72. The highest BCUT2D eigenvalue weighted by atomic mass is 16.3. The third kappa shape index (κ3) is 5.21. The average molecular weight is 319 g/mol. The number of hydrogen-bond donors (Lipinski definition) is 1. The van der Waals surface area contributed by atoms with Crippen LogP contribution in [0.5, 0.6) is 0 Å². The van der Waals surface area contributed by atoms with E-state index in [0.29, 0.717) is 23.2 Å². The molecule has 6 atom stereocenters. The summed E-state index contributed by atoms with van der Waals surface area (Å²) in [7, 11) is 0. The van der Waals surface area contributed by atoms with Crippen LogP contribution in [0.1, 0.15) is 73.1 Å². The molecule has 1 heteroatoms. The molecule has 0 aromatic rings. The molecule has 2 aliphatic carbocycles. The van der Waals surface area contributed by atoms with Gasteiger partial charge in [0.25, 0.3) is 0 Å². The van der Waals surface area contributed by atoms with E-state index in [1.807, 2.05) is 0 Å². The molecule has 0 heterocycles. The van der Waals surface area contributed by atoms with Crippen LogP contribution in [0.2, 0.25) is 0 Å². The van der Waals surface area contributed by atoms with Crippen LogP contribution in [0.3, 0.4) is 0 Å². The van der Waals surface area contributed by atoms with E-state index in [4.69, 9.17) is 0 Å². The molecule has 0 spiro atoms. The molecule has 1 nitrogen and oxygen atoms in total. The lowest BCUT2D eigenvalue weighted by Crippen LogP contribution is -2.28. The molecule has 132 valence electrons. The molecule has 4 unspecified atom stereocenters. The Labute approximate surface area is 144 Å². The van der Waals surface area contributed by atoms with Gasteiger partial charge >= 0.3 is 0 Å². The van der Waals surface area contributed by atoms with E-state index in [2.05, 4.69) is 58.9 Å². The van der Waals surface area contributed by atoms with Gasteiger partial charge in [0.05, 0.1) is 6.10 Å². The SMILES string of the molecule is CC[C@@H](C)C1C=CC(C[C@@H](O)C2C=CC(C(C)(C)C)CC2)CC1. The van der Waals surface area contributed by atoms with Gasteiger partial charge in [-0.05, 0) is 61.2 Å². The highest BCUT2D eigenvalue weighted by molar-refractivity contribution is 5.05. The van der Waals surface area contributed by atoms with Gasteiger partial charge in [0.2, 0.25) is 0 Å². The van der Waals surface area contributed by atoms with Crippen molar-refractivity contribution in [2.75, 3.05) is 0 Å². The van der Waals surface area contributed by atoms with E-state index < -0.39 is 0 Å². The lowest BCUT2D eigenvalue weighted by molar-refractivity contribution is 0.0897. The van der Waals surface area contributed by atoms with Gasteiger partial charge in [-0.15, -0.1) is 0 Å². The molecule has 1 N–H and O–H groups in total. The predicted molar refractivity (Wildman–Crippen MR) is 100 cm³/mol. The Kier molecular flexibility index (Phi) is 6.54. The Hall–Kier alpha value is -0.560. The molecular weight excluding hydrogens is 280 g/mol. The van der Waals surface area contributed by atoms with Gasteiger partial charge in [0, 0.05) is 5.92 Å². The first kappa shape index (κ1) is 18.8. The normalized spacial score (nSPS) is 34.3. The largest absolute Gasteiger partial charge is 0.392 e. The fourth-order valence-corrected chi connectivity index (χ4v) is 4.24. The molecule has 0 radical (unpaired) electrons. The molecule has 0 aromatic carbocycles. The third-order valence-corrected chi connectivity index (χ3v) is 6.43. The minimum absolute atomic E-state index is 0.165. The summed E-state index contributed by atoms with van der Waals surface area (Å²) in [6, 6.07) is 0. The summed E-state index contributed by atoms with van der Waals surface area (Å²) in [5, 5.41) is 10.7. The molecule has 0 amide bonds. The molecule has 0 saturated carbocycles. The summed E-state index contributed by atoms with van der Waals surface area (Å²) in [5.41, 5.74) is 0.351. The Morgan fingerprint density at radius 3 is 2.09 bits per heavy atom. The second kappa shape index (κ2) is 8.01. The Bertz CT molecular complexity index is 414. The van der Waals surface area contributed by atoms with Gasteiger partial charge in [-0.3, -0.25) is 0 Å². The molecule has 0 fully saturated rings. The molecule has 0 aromatic heterocycles. The van der Waals surface area contributed by atoms with Crippen LogP contribution in [0.25, 0.3) is 0 Å². The maximum Gasteiger partial charge on any atom is 0.0608 e. The second-order valence-corrected chi connectivity index (χ2v) is 9.17. The minimum Gasteiger partial charge on any atom is -0.392 e. The van der Waals surface area contributed by atoms with E-state index >= 15 is 0 Å². The van der Waals surface area contributed by atoms with Gasteiger partial charge in [-0.2, -0.15) is 0 Å². The van der Waals surface area contributed by atoms with E-state index in [1.165, 1.54) is 25.7 Å². The first-order valence-corrected chi connectivity index (χ1v) is 9.86. The Morgan fingerprint density at radius 2 is 1.61 bits per heavy atom. The second-order valence-electron chi connectivity index (χ2n) is 9.17. The molecular formula is C22H38O. The van der Waals surface area contributed by atoms with Crippen molar-refractivity contribution >= 4 is 0 Å². The summed E-state index contributed by atoms with van der Waals surface area (Å²) in [4.78, 5) is 0. The zero-order valence-electron chi connectivity index (χ0n) is 16.0. The van der Waals surface area contributed by atoms with Gasteiger partial charge in [-0.25, -0.2) is 0 Å². The van der Waals surface area contributed by atoms with Crippen molar-refractivity contribution in [1.82, 2.24) is 0 Å². The van der Waals surface area contributed by atoms with E-state index in [1.54, 1.807) is 0 Å². The highest BCUT2D eigenvalue weighted by Gasteiger charge is 2.30. The predicted octanol–water partition coefficient (Wildman–Crippen LogP) is 5.99. The summed E-state index contributed by atoms with van der Waals surface area (Å²) in [6.07, 6.45) is 16.5. The van der Waals surface area contributed by atoms with Crippen molar-refractivity contribution in [3.05, 3.63) is 24.3 Å². The fourth-order valence-electron chi connectivity index (χ4n) is 4.24. The quantitative estimate of drug-likeness (QED) is 0.617. The first-order chi connectivity index (χ1) is 10.8. The smallest absolute Gasteiger partial charge is 0.0608 e. The fraction of sp³-hybridized carbons (Fsp3) is 0.818. The molecule has 0 saturated heterocycles. The summed E-state index contributed by atoms with van der Waals surface area (Å²) < 4.78 is 0. The van der Waals surface area contributed by atoms with Crippen LogP contribution in [-0.4, -0.2) is 11.2 Å². The van der Waals surface area contributed by atoms with Crippen molar-refractivity contribution in [2.24, 2.45) is 35.0 Å². The molecule has 2 aliphatic rings. The topological polar surface area (TPSA) is 20.2 Å². The van der Waals surface area contributed by atoms with Crippen LogP contribution in [0.4, 0.5) is 0 Å². The number of aliphatic hydroxyl groups excluding tert-OH is 1. The first-order valence-electron chi connectivity index (χ1n) is 9.86. The maximum atomic E-state index is 10.7. The number of hydrogen-bond acceptors (Lipinski definition) is 1. The monoisotopic (exact) mass is 318 g/mol. The van der Waals surface area contributed by atoms with Crippen molar-refractivity contribution in [2.45, 2.75) is 79.2 Å². The van der Waals surface area contributed by atoms with Gasteiger partial charge < -0.3 is 5.11 Å². The van der Waals surface area contributed by atoms with E-state index in [0.717, 1.165) is 24.7 Å². The summed E-state index contributed by atoms with van der Waals surface area (Å²) >= 11 is 0. The van der Waals surface area contributed by atoms with Crippen molar-refractivity contribution in [1.29, 1.82) is 0 Å². The molecule has 0 aliphatic heterocycles. The minimum atomic E-state index is -0.165. The standard InChI is InChI=1S/C22H38O/c1-6-16(2)18-9-7-17(8-10-18)15-21(23)19-11-13-20(14-12-19)22(3,4)5/h7,9,11,13,16-21,23H,6,8,10,12,14-15H2,1-5H3/t16-,17?,18?,19?,20?,21-/m1/s1. The highest BCUT2D eigenvalue weighted by Crippen LogP contribution is 2.38. The third-order valence-electron chi connectivity index (χ3n) is 6.43. The Morgan fingerprint density at radius 1 is 0.957 bits per heavy atom. The molecule has 0 bridgehead atoms. The van der Waals surface area contributed by atoms with Crippen molar-refractivity contribution < 1.29 is 5.11 Å². The lowest BCUT2D eigenvalue weighted by Gasteiger charge is -2.35. The molecule has 23 heavy (non-hydrogen) atoms. The van der Waals surface area contributed by atoms with Crippen molar-refractivity contribution in [3.8, 4) is 0 Å². The van der Waals surface area contributed by atoms with E-state index in [9.17, 15) is 5.11 Å². The zero-order chi connectivity index (χ0) is 17.0. The van der Waals surface area contributed by atoms with E-state index in [-0.39, 0.29) is 6.10 Å². The van der Waals surface area contributed by atoms with Crippen LogP contribution < -0.4 is 0 Å². The average Bonchev–Trinajstić information content (AvgIpc) is 2.54. The summed E-state index contributed by atoms with van der Waals surface area (Å²) in [6.45, 7) is 11.6. The zero-order valence-corrected chi connectivity index (χ0v) is 16.0. The number of aliphatic hydroxyl groups is 1. The molecule has 2 rings (SSSR count). The van der Waals surface area contributed by atoms with Gasteiger partial charge in [0.15, 0.2) is 0 Å². The van der Waals surface area contributed by atoms with Gasteiger partial charge in [-0.1, -0.05) is 65.3 Å². The van der Waals surface area contributed by atoms with Crippen LogP contribution in [0.15, 0.2) is 24.3 Å². The van der Waals surface area contributed by atoms with Crippen LogP contribution >= 0.6 is 0 Å².